The summed E-state index contributed by atoms with van der Waals surface area (Å²) in [4.78, 5) is 49.7. The van der Waals surface area contributed by atoms with E-state index in [-0.39, 0.29) is 24.7 Å². The van der Waals surface area contributed by atoms with Crippen LogP contribution in [0.5, 0.6) is 0 Å². The molecule has 0 unspecified atom stereocenters. The average Bonchev–Trinajstić information content (AvgIpc) is 2.91. The van der Waals surface area contributed by atoms with Gasteiger partial charge in [-0.15, -0.1) is 0 Å². The number of amides is 2. The van der Waals surface area contributed by atoms with Crippen molar-refractivity contribution < 1.29 is 29.0 Å². The Morgan fingerprint density at radius 3 is 1.89 bits per heavy atom. The molecule has 3 rings (SSSR count). The zero-order valence-corrected chi connectivity index (χ0v) is 20.7. The summed E-state index contributed by atoms with van der Waals surface area (Å²) in [5, 5.41) is 14.7. The minimum atomic E-state index is -1.23. The summed E-state index contributed by atoms with van der Waals surface area (Å²) in [7, 11) is 0. The molecule has 0 spiro atoms. The van der Waals surface area contributed by atoms with E-state index in [1.807, 2.05) is 36.4 Å². The van der Waals surface area contributed by atoms with Gasteiger partial charge in [0.2, 0.25) is 5.91 Å². The van der Waals surface area contributed by atoms with Crippen molar-refractivity contribution in [3.8, 4) is 0 Å². The highest BCUT2D eigenvalue weighted by atomic mass is 16.5. The van der Waals surface area contributed by atoms with Gasteiger partial charge < -0.3 is 20.5 Å². The van der Waals surface area contributed by atoms with Crippen LogP contribution in [0.1, 0.15) is 40.9 Å². The van der Waals surface area contributed by atoms with E-state index in [0.717, 1.165) is 5.56 Å². The quantitative estimate of drug-likeness (QED) is 0.341. The van der Waals surface area contributed by atoms with Gasteiger partial charge in [-0.3, -0.25) is 9.59 Å². The molecule has 192 valence electrons. The number of carboxylic acid groups (broad SMARTS) is 1. The Morgan fingerprint density at radius 2 is 1.32 bits per heavy atom. The molecule has 0 saturated carbocycles. The third kappa shape index (κ3) is 8.03. The lowest BCUT2D eigenvalue weighted by Crippen LogP contribution is -2.54. The number of ether oxygens (including phenoxy) is 1. The van der Waals surface area contributed by atoms with Crippen molar-refractivity contribution in [2.45, 2.75) is 39.0 Å². The van der Waals surface area contributed by atoms with Crippen LogP contribution in [0.15, 0.2) is 84.9 Å². The van der Waals surface area contributed by atoms with E-state index in [2.05, 4.69) is 10.6 Å². The lowest BCUT2D eigenvalue weighted by molar-refractivity contribution is -0.142. The standard InChI is InChI=1S/C29H30N2O6/c1-19(2)25(31-29(36)37-18-21-9-5-3-6-10-21)27(33)30-24(28(34)35)17-20-13-15-23(16-14-20)26(32)22-11-7-4-8-12-22/h3-16,19,24-25H,17-18H2,1-2H3,(H,30,33)(H,31,36)(H,34,35)/t24-,25+/m0/s1. The van der Waals surface area contributed by atoms with Crippen molar-refractivity contribution in [3.05, 3.63) is 107 Å². The molecule has 2 atom stereocenters. The second-order valence-corrected chi connectivity index (χ2v) is 8.92. The maximum absolute atomic E-state index is 12.9. The molecule has 8 heteroatoms. The summed E-state index contributed by atoms with van der Waals surface area (Å²) in [6, 6.07) is 22.3. The van der Waals surface area contributed by atoms with Crippen LogP contribution in [0, 0.1) is 5.92 Å². The SMILES string of the molecule is CC(C)[C@@H](NC(=O)OCc1ccccc1)C(=O)N[C@@H](Cc1ccc(C(=O)c2ccccc2)cc1)C(=O)O. The molecule has 3 N–H and O–H groups in total. The maximum Gasteiger partial charge on any atom is 0.408 e. The number of nitrogens with one attached hydrogen (secondary N) is 2. The van der Waals surface area contributed by atoms with Crippen LogP contribution in [-0.2, 0) is 27.4 Å². The molecule has 0 heterocycles. The van der Waals surface area contributed by atoms with Gasteiger partial charge in [0.25, 0.3) is 0 Å². The Balaban J connectivity index is 1.60. The molecule has 0 aliphatic heterocycles. The summed E-state index contributed by atoms with van der Waals surface area (Å²) in [6.45, 7) is 3.51. The van der Waals surface area contributed by atoms with Crippen LogP contribution in [0.3, 0.4) is 0 Å². The number of carbonyl (C=O) groups is 4. The molecule has 0 saturated heterocycles. The summed E-state index contributed by atoms with van der Waals surface area (Å²) < 4.78 is 5.20. The molecule has 0 radical (unpaired) electrons. The minimum Gasteiger partial charge on any atom is -0.480 e. The molecule has 0 aliphatic carbocycles. The summed E-state index contributed by atoms with van der Waals surface area (Å²) in [6.07, 6.45) is -0.771. The molecule has 8 nitrogen and oxygen atoms in total. The number of ketones is 1. The van der Waals surface area contributed by atoms with Crippen LogP contribution < -0.4 is 10.6 Å². The second kappa shape index (κ2) is 13.0. The number of carboxylic acids is 1. The summed E-state index contributed by atoms with van der Waals surface area (Å²) in [5.41, 5.74) is 2.46. The highest BCUT2D eigenvalue weighted by molar-refractivity contribution is 6.08. The van der Waals surface area contributed by atoms with Gasteiger partial charge in [-0.25, -0.2) is 9.59 Å². The first-order valence-electron chi connectivity index (χ1n) is 11.9. The lowest BCUT2D eigenvalue weighted by Gasteiger charge is -2.24. The first-order valence-corrected chi connectivity index (χ1v) is 11.9. The van der Waals surface area contributed by atoms with E-state index in [1.54, 1.807) is 62.4 Å². The highest BCUT2D eigenvalue weighted by Gasteiger charge is 2.29. The third-order valence-electron chi connectivity index (χ3n) is 5.74. The largest absolute Gasteiger partial charge is 0.480 e. The van der Waals surface area contributed by atoms with Crippen molar-refractivity contribution >= 4 is 23.8 Å². The zero-order chi connectivity index (χ0) is 26.8. The minimum absolute atomic E-state index is 0.00412. The first kappa shape index (κ1) is 27.1. The Bertz CT molecular complexity index is 1210. The zero-order valence-electron chi connectivity index (χ0n) is 20.7. The maximum atomic E-state index is 12.9. The third-order valence-corrected chi connectivity index (χ3v) is 5.74. The number of benzene rings is 3. The van der Waals surface area contributed by atoms with Gasteiger partial charge in [0, 0.05) is 17.5 Å². The summed E-state index contributed by atoms with van der Waals surface area (Å²) >= 11 is 0. The lowest BCUT2D eigenvalue weighted by atomic mass is 9.99. The number of hydrogen-bond acceptors (Lipinski definition) is 5. The monoisotopic (exact) mass is 502 g/mol. The fourth-order valence-electron chi connectivity index (χ4n) is 3.67. The molecule has 37 heavy (non-hydrogen) atoms. The van der Waals surface area contributed by atoms with E-state index in [0.29, 0.717) is 16.7 Å². The Kier molecular flexibility index (Phi) is 9.55. The van der Waals surface area contributed by atoms with Gasteiger partial charge >= 0.3 is 12.1 Å². The predicted octanol–water partition coefficient (Wildman–Crippen LogP) is 3.98. The van der Waals surface area contributed by atoms with Crippen LogP contribution in [0.25, 0.3) is 0 Å². The number of hydrogen-bond donors (Lipinski definition) is 3. The molecule has 0 aliphatic rings. The Hall–Kier alpha value is -4.46. The number of aliphatic carboxylic acids is 1. The van der Waals surface area contributed by atoms with E-state index in [1.165, 1.54) is 0 Å². The second-order valence-electron chi connectivity index (χ2n) is 8.92. The van der Waals surface area contributed by atoms with Crippen molar-refractivity contribution in [1.82, 2.24) is 10.6 Å². The molecule has 3 aromatic rings. The van der Waals surface area contributed by atoms with Gasteiger partial charge in [-0.05, 0) is 17.0 Å². The topological polar surface area (TPSA) is 122 Å². The van der Waals surface area contributed by atoms with Gasteiger partial charge in [0.05, 0.1) is 0 Å². The van der Waals surface area contributed by atoms with Crippen molar-refractivity contribution in [3.63, 3.8) is 0 Å². The van der Waals surface area contributed by atoms with Gasteiger partial charge in [-0.1, -0.05) is 98.8 Å². The molecular weight excluding hydrogens is 472 g/mol. The highest BCUT2D eigenvalue weighted by Crippen LogP contribution is 2.13. The predicted molar refractivity (Wildman–Crippen MR) is 138 cm³/mol. The van der Waals surface area contributed by atoms with Crippen LogP contribution >= 0.6 is 0 Å². The molecule has 0 aromatic heterocycles. The molecule has 2 amide bonds. The van der Waals surface area contributed by atoms with E-state index < -0.39 is 30.1 Å². The van der Waals surface area contributed by atoms with Crippen LogP contribution in [0.4, 0.5) is 4.79 Å². The molecule has 3 aromatic carbocycles. The molecule has 0 fully saturated rings. The fourth-order valence-corrected chi connectivity index (χ4v) is 3.67. The van der Waals surface area contributed by atoms with E-state index in [4.69, 9.17) is 4.74 Å². The van der Waals surface area contributed by atoms with Crippen LogP contribution in [0.2, 0.25) is 0 Å². The Morgan fingerprint density at radius 1 is 0.757 bits per heavy atom. The molecular formula is C29H30N2O6. The number of carbonyl (C=O) groups excluding carboxylic acids is 3. The smallest absolute Gasteiger partial charge is 0.408 e. The van der Waals surface area contributed by atoms with Crippen molar-refractivity contribution in [2.75, 3.05) is 0 Å². The first-order chi connectivity index (χ1) is 17.7. The van der Waals surface area contributed by atoms with Gasteiger partial charge in [0.15, 0.2) is 5.78 Å². The number of alkyl carbamates (subject to hydrolysis) is 1. The van der Waals surface area contributed by atoms with Crippen molar-refractivity contribution in [2.24, 2.45) is 5.92 Å². The fraction of sp³-hybridized carbons (Fsp3) is 0.241. The van der Waals surface area contributed by atoms with E-state index >= 15 is 0 Å². The number of rotatable bonds is 11. The van der Waals surface area contributed by atoms with Gasteiger partial charge in [-0.2, -0.15) is 0 Å². The normalized spacial score (nSPS) is 12.3. The summed E-state index contributed by atoms with van der Waals surface area (Å²) in [5.74, 6) is -2.30. The Labute approximate surface area is 215 Å². The van der Waals surface area contributed by atoms with Crippen LogP contribution in [-0.4, -0.2) is 40.9 Å². The molecule has 0 bridgehead atoms. The van der Waals surface area contributed by atoms with E-state index in [9.17, 15) is 24.3 Å². The van der Waals surface area contributed by atoms with Gasteiger partial charge in [0.1, 0.15) is 18.7 Å². The van der Waals surface area contributed by atoms with Crippen molar-refractivity contribution in [1.29, 1.82) is 0 Å². The average molecular weight is 503 g/mol.